The fraction of sp³-hybridized carbons (Fsp3) is 0.462. The van der Waals surface area contributed by atoms with E-state index in [0.717, 1.165) is 12.8 Å². The Morgan fingerprint density at radius 1 is 1.53 bits per heavy atom. The van der Waals surface area contributed by atoms with E-state index in [-0.39, 0.29) is 5.02 Å². The average molecular weight is 286 g/mol. The second-order valence-electron chi connectivity index (χ2n) is 4.46. The van der Waals surface area contributed by atoms with Gasteiger partial charge >= 0.3 is 0 Å². The van der Waals surface area contributed by atoms with Gasteiger partial charge in [0.15, 0.2) is 5.96 Å². The molecule has 1 aromatic rings. The molecule has 1 aliphatic carbocycles. The highest BCUT2D eigenvalue weighted by Gasteiger charge is 2.16. The number of hydrogen-bond acceptors (Lipinski definition) is 2. The molecule has 2 rings (SSSR count). The van der Waals surface area contributed by atoms with Crippen LogP contribution in [0.2, 0.25) is 5.02 Å². The summed E-state index contributed by atoms with van der Waals surface area (Å²) in [5.41, 5.74) is 5.72. The van der Waals surface area contributed by atoms with Gasteiger partial charge < -0.3 is 15.8 Å². The summed E-state index contributed by atoms with van der Waals surface area (Å²) < 4.78 is 18.3. The molecule has 6 heteroatoms. The summed E-state index contributed by atoms with van der Waals surface area (Å²) in [7, 11) is 0. The maximum Gasteiger partial charge on any atom is 0.188 e. The van der Waals surface area contributed by atoms with Crippen LogP contribution < -0.4 is 15.8 Å². The summed E-state index contributed by atoms with van der Waals surface area (Å²) >= 11 is 5.64. The molecule has 0 atom stereocenters. The van der Waals surface area contributed by atoms with E-state index in [4.69, 9.17) is 22.1 Å². The molecule has 0 amide bonds. The van der Waals surface area contributed by atoms with Gasteiger partial charge in [0.1, 0.15) is 18.2 Å². The first-order valence-electron chi connectivity index (χ1n) is 6.29. The van der Waals surface area contributed by atoms with Crippen LogP contribution in [-0.2, 0) is 0 Å². The highest BCUT2D eigenvalue weighted by atomic mass is 35.5. The number of nitrogens with zero attached hydrogens (tertiary/aromatic N) is 1. The Hall–Kier alpha value is -1.49. The van der Waals surface area contributed by atoms with Crippen molar-refractivity contribution in [3.05, 3.63) is 29.0 Å². The predicted molar refractivity (Wildman–Crippen MR) is 74.2 cm³/mol. The van der Waals surface area contributed by atoms with Crippen LogP contribution in [0, 0.1) is 5.82 Å². The lowest BCUT2D eigenvalue weighted by Crippen LogP contribution is -2.43. The molecule has 104 valence electrons. The van der Waals surface area contributed by atoms with Gasteiger partial charge in [0.25, 0.3) is 0 Å². The number of benzene rings is 1. The van der Waals surface area contributed by atoms with Crippen LogP contribution in [0.1, 0.15) is 19.3 Å². The lowest BCUT2D eigenvalue weighted by Gasteiger charge is -2.26. The molecule has 0 unspecified atom stereocenters. The summed E-state index contributed by atoms with van der Waals surface area (Å²) in [5.74, 6) is 0.513. The van der Waals surface area contributed by atoms with Crippen molar-refractivity contribution in [2.24, 2.45) is 10.7 Å². The molecule has 0 aromatic heterocycles. The number of halogens is 2. The lowest BCUT2D eigenvalue weighted by molar-refractivity contribution is 0.327. The molecule has 1 aliphatic rings. The van der Waals surface area contributed by atoms with Gasteiger partial charge in [-0.2, -0.15) is 0 Å². The molecular weight excluding hydrogens is 269 g/mol. The van der Waals surface area contributed by atoms with Crippen LogP contribution in [0.5, 0.6) is 5.75 Å². The van der Waals surface area contributed by atoms with E-state index in [2.05, 4.69) is 10.3 Å². The molecule has 0 spiro atoms. The Balaban J connectivity index is 1.70. The average Bonchev–Trinajstić information content (AvgIpc) is 2.34. The Labute approximate surface area is 116 Å². The quantitative estimate of drug-likeness (QED) is 0.496. The standard InChI is InChI=1S/C13H17ClFN3O/c14-11-8-10(4-5-12(11)15)19-7-6-17-13(16)18-9-2-1-3-9/h4-5,8-9H,1-3,6-7H2,(H3,16,17,18). The number of rotatable bonds is 5. The second kappa shape index (κ2) is 6.61. The van der Waals surface area contributed by atoms with Crippen LogP contribution in [-0.4, -0.2) is 25.2 Å². The van der Waals surface area contributed by atoms with Crippen molar-refractivity contribution in [1.82, 2.24) is 5.32 Å². The third-order valence-corrected chi connectivity index (χ3v) is 3.28. The van der Waals surface area contributed by atoms with E-state index in [1.807, 2.05) is 0 Å². The number of nitrogens with one attached hydrogen (secondary N) is 1. The summed E-state index contributed by atoms with van der Waals surface area (Å²) in [6, 6.07) is 4.71. The van der Waals surface area contributed by atoms with E-state index < -0.39 is 5.82 Å². The summed E-state index contributed by atoms with van der Waals surface area (Å²) in [6.45, 7) is 0.815. The Kier molecular flexibility index (Phi) is 4.85. The minimum absolute atomic E-state index is 0.0483. The Morgan fingerprint density at radius 2 is 2.32 bits per heavy atom. The van der Waals surface area contributed by atoms with E-state index in [0.29, 0.717) is 30.9 Å². The zero-order valence-corrected chi connectivity index (χ0v) is 11.3. The third-order valence-electron chi connectivity index (χ3n) is 2.99. The molecule has 1 fully saturated rings. The zero-order chi connectivity index (χ0) is 13.7. The SMILES string of the molecule is NC(=NCCOc1ccc(F)c(Cl)c1)NC1CCC1. The molecule has 4 nitrogen and oxygen atoms in total. The number of nitrogens with two attached hydrogens (primary N) is 1. The van der Waals surface area contributed by atoms with E-state index in [9.17, 15) is 4.39 Å². The number of guanidine groups is 1. The number of ether oxygens (including phenoxy) is 1. The molecule has 0 aliphatic heterocycles. The van der Waals surface area contributed by atoms with Gasteiger partial charge in [0, 0.05) is 12.1 Å². The van der Waals surface area contributed by atoms with E-state index in [1.165, 1.54) is 24.6 Å². The van der Waals surface area contributed by atoms with Crippen molar-refractivity contribution < 1.29 is 9.13 Å². The largest absolute Gasteiger partial charge is 0.492 e. The molecule has 1 aromatic carbocycles. The maximum absolute atomic E-state index is 12.9. The zero-order valence-electron chi connectivity index (χ0n) is 10.5. The summed E-state index contributed by atoms with van der Waals surface area (Å²) in [6.07, 6.45) is 3.56. The Morgan fingerprint density at radius 3 is 2.95 bits per heavy atom. The molecule has 0 bridgehead atoms. The predicted octanol–water partition coefficient (Wildman–Crippen LogP) is 2.31. The van der Waals surface area contributed by atoms with Gasteiger partial charge in [-0.3, -0.25) is 0 Å². The molecule has 0 saturated heterocycles. The highest BCUT2D eigenvalue weighted by molar-refractivity contribution is 6.30. The van der Waals surface area contributed by atoms with E-state index in [1.54, 1.807) is 0 Å². The normalized spacial score (nSPS) is 16.0. The van der Waals surface area contributed by atoms with Crippen molar-refractivity contribution in [2.75, 3.05) is 13.2 Å². The summed E-state index contributed by atoms with van der Waals surface area (Å²) in [5, 5.41) is 3.18. The van der Waals surface area contributed by atoms with Gasteiger partial charge in [-0.15, -0.1) is 0 Å². The molecule has 19 heavy (non-hydrogen) atoms. The maximum atomic E-state index is 12.9. The van der Waals surface area contributed by atoms with Crippen molar-refractivity contribution >= 4 is 17.6 Å². The topological polar surface area (TPSA) is 59.6 Å². The van der Waals surface area contributed by atoms with Crippen LogP contribution in [0.25, 0.3) is 0 Å². The smallest absolute Gasteiger partial charge is 0.188 e. The molecule has 1 saturated carbocycles. The first-order valence-corrected chi connectivity index (χ1v) is 6.67. The van der Waals surface area contributed by atoms with Crippen molar-refractivity contribution in [1.29, 1.82) is 0 Å². The first-order chi connectivity index (χ1) is 9.15. The second-order valence-corrected chi connectivity index (χ2v) is 4.87. The van der Waals surface area contributed by atoms with Gasteiger partial charge in [0.05, 0.1) is 11.6 Å². The van der Waals surface area contributed by atoms with Gasteiger partial charge in [-0.05, 0) is 31.4 Å². The monoisotopic (exact) mass is 285 g/mol. The summed E-state index contributed by atoms with van der Waals surface area (Å²) in [4.78, 5) is 4.15. The van der Waals surface area contributed by atoms with E-state index >= 15 is 0 Å². The van der Waals surface area contributed by atoms with Crippen LogP contribution in [0.4, 0.5) is 4.39 Å². The van der Waals surface area contributed by atoms with Crippen LogP contribution >= 0.6 is 11.6 Å². The number of aliphatic imine (C=N–C) groups is 1. The lowest BCUT2D eigenvalue weighted by atomic mass is 9.93. The van der Waals surface area contributed by atoms with Gasteiger partial charge in [-0.25, -0.2) is 9.38 Å². The molecule has 0 radical (unpaired) electrons. The highest BCUT2D eigenvalue weighted by Crippen LogP contribution is 2.21. The third kappa shape index (κ3) is 4.28. The molecular formula is C13H17ClFN3O. The fourth-order valence-electron chi connectivity index (χ4n) is 1.70. The van der Waals surface area contributed by atoms with Gasteiger partial charge in [-0.1, -0.05) is 11.6 Å². The minimum atomic E-state index is -0.457. The van der Waals surface area contributed by atoms with Crippen molar-refractivity contribution in [3.63, 3.8) is 0 Å². The first kappa shape index (κ1) is 13.9. The Bertz CT molecular complexity index is 463. The van der Waals surface area contributed by atoms with Gasteiger partial charge in [0.2, 0.25) is 0 Å². The fourth-order valence-corrected chi connectivity index (χ4v) is 1.87. The van der Waals surface area contributed by atoms with Crippen LogP contribution in [0.15, 0.2) is 23.2 Å². The number of hydrogen-bond donors (Lipinski definition) is 2. The minimum Gasteiger partial charge on any atom is -0.492 e. The molecule has 3 N–H and O–H groups in total. The van der Waals surface area contributed by atoms with Crippen LogP contribution in [0.3, 0.4) is 0 Å². The van der Waals surface area contributed by atoms with Crippen molar-refractivity contribution in [3.8, 4) is 5.75 Å². The van der Waals surface area contributed by atoms with Crippen molar-refractivity contribution in [2.45, 2.75) is 25.3 Å². The molecule has 0 heterocycles.